The largest absolute Gasteiger partial charge is 0.349 e. The molecule has 1 atom stereocenters. The predicted molar refractivity (Wildman–Crippen MR) is 51.5 cm³/mol. The molecule has 2 heterocycles. The highest BCUT2D eigenvalue weighted by Crippen LogP contribution is 2.02. The average Bonchev–Trinajstić information content (AvgIpc) is 2.44. The van der Waals surface area contributed by atoms with Gasteiger partial charge in [-0.05, 0) is 19.0 Å². The molecule has 1 aliphatic rings. The Morgan fingerprint density at radius 1 is 1.86 bits per heavy atom. The van der Waals surface area contributed by atoms with Crippen molar-refractivity contribution < 1.29 is 4.79 Å². The van der Waals surface area contributed by atoms with Gasteiger partial charge in [0, 0.05) is 13.2 Å². The van der Waals surface area contributed by atoms with E-state index in [4.69, 9.17) is 0 Å². The van der Waals surface area contributed by atoms with Crippen LogP contribution in [0.5, 0.6) is 0 Å². The zero-order valence-electron chi connectivity index (χ0n) is 8.16. The van der Waals surface area contributed by atoms with E-state index in [0.29, 0.717) is 6.54 Å². The SMILES string of the molecule is Cn1nccc1CNC(=O)C1CCN1. The quantitative estimate of drug-likeness (QED) is 0.675. The smallest absolute Gasteiger partial charge is 0.237 e. The van der Waals surface area contributed by atoms with Crippen LogP contribution in [0.3, 0.4) is 0 Å². The van der Waals surface area contributed by atoms with Gasteiger partial charge in [0.1, 0.15) is 0 Å². The lowest BCUT2D eigenvalue weighted by Crippen LogP contribution is -2.53. The van der Waals surface area contributed by atoms with Gasteiger partial charge in [-0.15, -0.1) is 0 Å². The Morgan fingerprint density at radius 3 is 3.14 bits per heavy atom. The molecule has 0 aliphatic carbocycles. The van der Waals surface area contributed by atoms with Gasteiger partial charge < -0.3 is 10.6 Å². The monoisotopic (exact) mass is 194 g/mol. The van der Waals surface area contributed by atoms with Crippen LogP contribution in [0.15, 0.2) is 12.3 Å². The van der Waals surface area contributed by atoms with E-state index in [-0.39, 0.29) is 11.9 Å². The van der Waals surface area contributed by atoms with Crippen molar-refractivity contribution in [3.63, 3.8) is 0 Å². The van der Waals surface area contributed by atoms with E-state index < -0.39 is 0 Å². The predicted octanol–water partition coefficient (Wildman–Crippen LogP) is -0.602. The molecule has 76 valence electrons. The third-order valence-corrected chi connectivity index (χ3v) is 2.51. The van der Waals surface area contributed by atoms with Crippen LogP contribution >= 0.6 is 0 Å². The highest BCUT2D eigenvalue weighted by molar-refractivity contribution is 5.82. The van der Waals surface area contributed by atoms with Crippen LogP contribution in [-0.4, -0.2) is 28.3 Å². The molecule has 2 rings (SSSR count). The third-order valence-electron chi connectivity index (χ3n) is 2.51. The van der Waals surface area contributed by atoms with Crippen LogP contribution in [0.2, 0.25) is 0 Å². The lowest BCUT2D eigenvalue weighted by Gasteiger charge is -2.26. The van der Waals surface area contributed by atoms with Gasteiger partial charge in [-0.1, -0.05) is 0 Å². The van der Waals surface area contributed by atoms with Crippen molar-refractivity contribution in [2.45, 2.75) is 19.0 Å². The molecular formula is C9H14N4O. The molecule has 0 spiro atoms. The summed E-state index contributed by atoms with van der Waals surface area (Å²) in [4.78, 5) is 11.4. The number of nitrogens with zero attached hydrogens (tertiary/aromatic N) is 2. The van der Waals surface area contributed by atoms with Gasteiger partial charge in [0.25, 0.3) is 0 Å². The van der Waals surface area contributed by atoms with E-state index in [0.717, 1.165) is 18.7 Å². The normalized spacial score (nSPS) is 20.2. The number of rotatable bonds is 3. The zero-order valence-corrected chi connectivity index (χ0v) is 8.16. The number of nitrogens with one attached hydrogen (secondary N) is 2. The molecule has 5 nitrogen and oxygen atoms in total. The Balaban J connectivity index is 1.82. The Labute approximate surface area is 82.5 Å². The van der Waals surface area contributed by atoms with Crippen molar-refractivity contribution in [1.82, 2.24) is 20.4 Å². The zero-order chi connectivity index (χ0) is 9.97. The summed E-state index contributed by atoms with van der Waals surface area (Å²) in [5, 5.41) is 9.94. The molecule has 1 saturated heterocycles. The molecular weight excluding hydrogens is 180 g/mol. The second-order valence-electron chi connectivity index (χ2n) is 3.46. The lowest BCUT2D eigenvalue weighted by atomic mass is 10.1. The van der Waals surface area contributed by atoms with Gasteiger partial charge in [0.15, 0.2) is 0 Å². The molecule has 0 aromatic carbocycles. The number of amides is 1. The Kier molecular flexibility index (Phi) is 2.49. The molecule has 0 radical (unpaired) electrons. The first-order valence-electron chi connectivity index (χ1n) is 4.75. The average molecular weight is 194 g/mol. The molecule has 0 saturated carbocycles. The first-order chi connectivity index (χ1) is 6.77. The Bertz CT molecular complexity index is 329. The minimum atomic E-state index is 0.0169. The topological polar surface area (TPSA) is 59.0 Å². The van der Waals surface area contributed by atoms with E-state index in [2.05, 4.69) is 15.7 Å². The van der Waals surface area contributed by atoms with E-state index in [9.17, 15) is 4.79 Å². The number of carbonyl (C=O) groups is 1. The van der Waals surface area contributed by atoms with Gasteiger partial charge in [0.05, 0.1) is 18.3 Å². The number of hydrogen-bond acceptors (Lipinski definition) is 3. The summed E-state index contributed by atoms with van der Waals surface area (Å²) < 4.78 is 1.76. The van der Waals surface area contributed by atoms with Crippen molar-refractivity contribution >= 4 is 5.91 Å². The van der Waals surface area contributed by atoms with Crippen molar-refractivity contribution in [2.24, 2.45) is 7.05 Å². The van der Waals surface area contributed by atoms with Gasteiger partial charge in [-0.2, -0.15) is 5.10 Å². The summed E-state index contributed by atoms with van der Waals surface area (Å²) in [6.07, 6.45) is 2.67. The van der Waals surface area contributed by atoms with Crippen molar-refractivity contribution in [3.8, 4) is 0 Å². The Morgan fingerprint density at radius 2 is 2.64 bits per heavy atom. The maximum atomic E-state index is 11.4. The first-order valence-corrected chi connectivity index (χ1v) is 4.75. The molecule has 5 heteroatoms. The second-order valence-corrected chi connectivity index (χ2v) is 3.46. The van der Waals surface area contributed by atoms with Gasteiger partial charge >= 0.3 is 0 Å². The second kappa shape index (κ2) is 3.79. The van der Waals surface area contributed by atoms with Crippen molar-refractivity contribution in [3.05, 3.63) is 18.0 Å². The Hall–Kier alpha value is -1.36. The van der Waals surface area contributed by atoms with Gasteiger partial charge in [0.2, 0.25) is 5.91 Å². The molecule has 1 aromatic rings. The maximum Gasteiger partial charge on any atom is 0.237 e. The minimum absolute atomic E-state index is 0.0169. The number of aromatic nitrogens is 2. The van der Waals surface area contributed by atoms with E-state index in [1.165, 1.54) is 0 Å². The fourth-order valence-corrected chi connectivity index (χ4v) is 1.39. The van der Waals surface area contributed by atoms with Crippen LogP contribution < -0.4 is 10.6 Å². The van der Waals surface area contributed by atoms with Crippen LogP contribution in [0.1, 0.15) is 12.1 Å². The molecule has 2 N–H and O–H groups in total. The standard InChI is InChI=1S/C9H14N4O/c1-13-7(2-5-12-13)6-11-9(14)8-3-4-10-8/h2,5,8,10H,3-4,6H2,1H3,(H,11,14). The van der Waals surface area contributed by atoms with Crippen LogP contribution in [0.4, 0.5) is 0 Å². The fraction of sp³-hybridized carbons (Fsp3) is 0.556. The van der Waals surface area contributed by atoms with Gasteiger partial charge in [-0.3, -0.25) is 9.48 Å². The van der Waals surface area contributed by atoms with E-state index >= 15 is 0 Å². The third kappa shape index (κ3) is 1.77. The molecule has 1 amide bonds. The summed E-state index contributed by atoms with van der Waals surface area (Å²) >= 11 is 0. The molecule has 1 aromatic heterocycles. The minimum Gasteiger partial charge on any atom is -0.349 e. The number of hydrogen-bond donors (Lipinski definition) is 2. The van der Waals surface area contributed by atoms with Crippen LogP contribution in [0, 0.1) is 0 Å². The lowest BCUT2D eigenvalue weighted by molar-refractivity contribution is -0.124. The number of carbonyl (C=O) groups excluding carboxylic acids is 1. The van der Waals surface area contributed by atoms with E-state index in [1.54, 1.807) is 10.9 Å². The first kappa shape index (κ1) is 9.21. The maximum absolute atomic E-state index is 11.4. The molecule has 1 aliphatic heterocycles. The summed E-state index contributed by atoms with van der Waals surface area (Å²) in [6, 6.07) is 1.91. The molecule has 14 heavy (non-hydrogen) atoms. The summed E-state index contributed by atoms with van der Waals surface area (Å²) in [5.41, 5.74) is 1.01. The summed E-state index contributed by atoms with van der Waals surface area (Å²) in [5.74, 6) is 0.0810. The molecule has 1 unspecified atom stereocenters. The summed E-state index contributed by atoms with van der Waals surface area (Å²) in [6.45, 7) is 1.50. The fourth-order valence-electron chi connectivity index (χ4n) is 1.39. The van der Waals surface area contributed by atoms with Crippen molar-refractivity contribution in [2.75, 3.05) is 6.54 Å². The highest BCUT2D eigenvalue weighted by atomic mass is 16.2. The van der Waals surface area contributed by atoms with Crippen molar-refractivity contribution in [1.29, 1.82) is 0 Å². The van der Waals surface area contributed by atoms with E-state index in [1.807, 2.05) is 13.1 Å². The molecule has 0 bridgehead atoms. The molecule has 1 fully saturated rings. The van der Waals surface area contributed by atoms with Gasteiger partial charge in [-0.25, -0.2) is 0 Å². The number of aryl methyl sites for hydroxylation is 1. The summed E-state index contributed by atoms with van der Waals surface area (Å²) in [7, 11) is 1.86. The van der Waals surface area contributed by atoms with Crippen LogP contribution in [-0.2, 0) is 18.4 Å². The van der Waals surface area contributed by atoms with Crippen LogP contribution in [0.25, 0.3) is 0 Å². The highest BCUT2D eigenvalue weighted by Gasteiger charge is 2.23.